The minimum Gasteiger partial charge on any atom is -0.444 e. The predicted molar refractivity (Wildman–Crippen MR) is 80.6 cm³/mol. The molecule has 1 amide bonds. The quantitative estimate of drug-likeness (QED) is 0.748. The number of hydrogen-bond donors (Lipinski definition) is 0. The minimum absolute atomic E-state index is 0.174. The van der Waals surface area contributed by atoms with Gasteiger partial charge in [0.25, 0.3) is 0 Å². The highest BCUT2D eigenvalue weighted by Gasteiger charge is 2.29. The summed E-state index contributed by atoms with van der Waals surface area (Å²) in [5.74, 6) is 0.515. The summed E-state index contributed by atoms with van der Waals surface area (Å²) < 4.78 is 15.8. The van der Waals surface area contributed by atoms with Crippen LogP contribution in [0.15, 0.2) is 0 Å². The van der Waals surface area contributed by atoms with Crippen LogP contribution in [0.3, 0.4) is 0 Å². The van der Waals surface area contributed by atoms with E-state index in [0.717, 1.165) is 12.8 Å². The van der Waals surface area contributed by atoms with Crippen LogP contribution in [0.25, 0.3) is 0 Å². The first kappa shape index (κ1) is 16.9. The zero-order chi connectivity index (χ0) is 16.2. The smallest absolute Gasteiger partial charge is 0.444 e. The fraction of sp³-hybridized carbons (Fsp3) is 0.875. The van der Waals surface area contributed by atoms with E-state index < -0.39 is 11.8 Å². The summed E-state index contributed by atoms with van der Waals surface area (Å²) >= 11 is 0. The van der Waals surface area contributed by atoms with Gasteiger partial charge in [-0.15, -0.1) is 0 Å². The first-order valence-corrected chi connectivity index (χ1v) is 8.15. The maximum Gasteiger partial charge on any atom is 0.508 e. The summed E-state index contributed by atoms with van der Waals surface area (Å²) in [5, 5.41) is 0. The maximum atomic E-state index is 11.9. The van der Waals surface area contributed by atoms with Crippen molar-refractivity contribution in [1.82, 2.24) is 4.90 Å². The number of carbonyl (C=O) groups excluding carboxylic acids is 2. The van der Waals surface area contributed by atoms with E-state index >= 15 is 0 Å². The van der Waals surface area contributed by atoms with E-state index in [9.17, 15) is 9.59 Å². The molecule has 1 aliphatic heterocycles. The Balaban J connectivity index is 1.63. The van der Waals surface area contributed by atoms with Gasteiger partial charge in [0.1, 0.15) is 11.7 Å². The summed E-state index contributed by atoms with van der Waals surface area (Å²) in [7, 11) is 0. The molecule has 0 bridgehead atoms. The van der Waals surface area contributed by atoms with E-state index in [1.807, 2.05) is 20.8 Å². The van der Waals surface area contributed by atoms with Crippen molar-refractivity contribution in [2.75, 3.05) is 19.7 Å². The summed E-state index contributed by atoms with van der Waals surface area (Å²) in [6.07, 6.45) is 3.69. The molecule has 0 N–H and O–H groups in total. The molecule has 1 aliphatic carbocycles. The number of piperidine rings is 1. The van der Waals surface area contributed by atoms with Gasteiger partial charge in [-0.05, 0) is 39.5 Å². The summed E-state index contributed by atoms with van der Waals surface area (Å²) in [4.78, 5) is 25.2. The van der Waals surface area contributed by atoms with Crippen molar-refractivity contribution in [3.8, 4) is 0 Å². The van der Waals surface area contributed by atoms with Crippen molar-refractivity contribution >= 4 is 12.2 Å². The molecule has 126 valence electrons. The molecule has 0 aromatic carbocycles. The van der Waals surface area contributed by atoms with E-state index in [-0.39, 0.29) is 12.2 Å². The van der Waals surface area contributed by atoms with E-state index in [4.69, 9.17) is 14.2 Å². The molecule has 2 rings (SSSR count). The third-order valence-corrected chi connectivity index (χ3v) is 4.02. The number of hydrogen-bond acceptors (Lipinski definition) is 5. The van der Waals surface area contributed by atoms with Crippen LogP contribution >= 0.6 is 0 Å². The molecule has 0 atom stereocenters. The number of amides is 1. The van der Waals surface area contributed by atoms with Crippen LogP contribution in [0, 0.1) is 5.92 Å². The Hall–Kier alpha value is -1.46. The molecule has 0 aromatic heterocycles. The van der Waals surface area contributed by atoms with Crippen LogP contribution in [-0.2, 0) is 14.2 Å². The highest BCUT2D eigenvalue weighted by Crippen LogP contribution is 2.26. The van der Waals surface area contributed by atoms with Gasteiger partial charge in [-0.25, -0.2) is 9.59 Å². The molecule has 6 heteroatoms. The fourth-order valence-electron chi connectivity index (χ4n) is 2.50. The SMILES string of the molecule is CC(C)(C)OC(=O)N1CCC(OC(=O)OCC2CCC2)CC1. The molecule has 1 saturated heterocycles. The first-order valence-electron chi connectivity index (χ1n) is 8.15. The summed E-state index contributed by atoms with van der Waals surface area (Å²) in [6, 6.07) is 0. The van der Waals surface area contributed by atoms with Gasteiger partial charge < -0.3 is 19.1 Å². The third kappa shape index (κ3) is 5.39. The monoisotopic (exact) mass is 313 g/mol. The van der Waals surface area contributed by atoms with Crippen LogP contribution in [0.4, 0.5) is 9.59 Å². The average Bonchev–Trinajstić information content (AvgIpc) is 2.35. The fourth-order valence-corrected chi connectivity index (χ4v) is 2.50. The molecule has 1 heterocycles. The van der Waals surface area contributed by atoms with Crippen LogP contribution in [0.1, 0.15) is 52.9 Å². The number of carbonyl (C=O) groups is 2. The second-order valence-corrected chi connectivity index (χ2v) is 7.14. The van der Waals surface area contributed by atoms with Gasteiger partial charge >= 0.3 is 12.2 Å². The van der Waals surface area contributed by atoms with Gasteiger partial charge in [0, 0.05) is 25.9 Å². The largest absolute Gasteiger partial charge is 0.508 e. The lowest BCUT2D eigenvalue weighted by Gasteiger charge is -2.33. The van der Waals surface area contributed by atoms with Crippen molar-refractivity contribution in [2.24, 2.45) is 5.92 Å². The number of nitrogens with zero attached hydrogens (tertiary/aromatic N) is 1. The van der Waals surface area contributed by atoms with Crippen molar-refractivity contribution in [3.63, 3.8) is 0 Å². The molecule has 6 nitrogen and oxygen atoms in total. The Morgan fingerprint density at radius 1 is 1.09 bits per heavy atom. The lowest BCUT2D eigenvalue weighted by atomic mass is 9.86. The molecule has 2 fully saturated rings. The number of rotatable bonds is 3. The van der Waals surface area contributed by atoms with Gasteiger partial charge in [0.15, 0.2) is 0 Å². The topological polar surface area (TPSA) is 65.1 Å². The van der Waals surface area contributed by atoms with Crippen LogP contribution < -0.4 is 0 Å². The Morgan fingerprint density at radius 2 is 1.73 bits per heavy atom. The van der Waals surface area contributed by atoms with Gasteiger partial charge in [0.2, 0.25) is 0 Å². The van der Waals surface area contributed by atoms with Gasteiger partial charge in [-0.3, -0.25) is 0 Å². The number of ether oxygens (including phenoxy) is 3. The summed E-state index contributed by atoms with van der Waals surface area (Å²) in [6.45, 7) is 7.08. The van der Waals surface area contributed by atoms with Crippen LogP contribution in [0.2, 0.25) is 0 Å². The zero-order valence-corrected chi connectivity index (χ0v) is 13.8. The molecule has 0 aromatic rings. The third-order valence-electron chi connectivity index (χ3n) is 4.02. The molecular weight excluding hydrogens is 286 g/mol. The molecule has 0 radical (unpaired) electrons. The van der Waals surface area contributed by atoms with Crippen LogP contribution in [0.5, 0.6) is 0 Å². The Bertz CT molecular complexity index is 392. The standard InChI is InChI=1S/C16H27NO5/c1-16(2,3)22-14(18)17-9-7-13(8-10-17)21-15(19)20-11-12-5-4-6-12/h12-13H,4-11H2,1-3H3. The second-order valence-electron chi connectivity index (χ2n) is 7.14. The second kappa shape index (κ2) is 7.20. The molecule has 22 heavy (non-hydrogen) atoms. The zero-order valence-electron chi connectivity index (χ0n) is 13.8. The van der Waals surface area contributed by atoms with Gasteiger partial charge in [-0.2, -0.15) is 0 Å². The molecule has 0 unspecified atom stereocenters. The minimum atomic E-state index is -0.581. The van der Waals surface area contributed by atoms with Gasteiger partial charge in [0.05, 0.1) is 6.61 Å². The lowest BCUT2D eigenvalue weighted by Crippen LogP contribution is -2.43. The average molecular weight is 313 g/mol. The van der Waals surface area contributed by atoms with E-state index in [1.54, 1.807) is 4.90 Å². The number of likely N-dealkylation sites (tertiary alicyclic amines) is 1. The van der Waals surface area contributed by atoms with Gasteiger partial charge in [-0.1, -0.05) is 6.42 Å². The maximum absolute atomic E-state index is 11.9. The van der Waals surface area contributed by atoms with E-state index in [1.165, 1.54) is 6.42 Å². The predicted octanol–water partition coefficient (Wildman–Crippen LogP) is 3.34. The van der Waals surface area contributed by atoms with Crippen LogP contribution in [-0.4, -0.2) is 48.5 Å². The lowest BCUT2D eigenvalue weighted by molar-refractivity contribution is -0.0181. The molecule has 1 saturated carbocycles. The Labute approximate surface area is 132 Å². The molecular formula is C16H27NO5. The van der Waals surface area contributed by atoms with Crippen molar-refractivity contribution in [1.29, 1.82) is 0 Å². The van der Waals surface area contributed by atoms with Crippen molar-refractivity contribution in [3.05, 3.63) is 0 Å². The van der Waals surface area contributed by atoms with E-state index in [0.29, 0.717) is 38.5 Å². The first-order chi connectivity index (χ1) is 10.3. The van der Waals surface area contributed by atoms with Crippen molar-refractivity contribution in [2.45, 2.75) is 64.6 Å². The highest BCUT2D eigenvalue weighted by molar-refractivity contribution is 5.68. The Kier molecular flexibility index (Phi) is 5.53. The summed E-state index contributed by atoms with van der Waals surface area (Å²) in [5.41, 5.74) is -0.490. The van der Waals surface area contributed by atoms with Crippen molar-refractivity contribution < 1.29 is 23.8 Å². The Morgan fingerprint density at radius 3 is 2.23 bits per heavy atom. The van der Waals surface area contributed by atoms with E-state index in [2.05, 4.69) is 0 Å². The molecule has 2 aliphatic rings. The normalized spacial score (nSPS) is 20.2. The molecule has 0 spiro atoms. The highest BCUT2D eigenvalue weighted by atomic mass is 16.7.